The second-order valence-corrected chi connectivity index (χ2v) is 21.8. The molecule has 0 radical (unpaired) electrons. The molecule has 374 valence electrons. The van der Waals surface area contributed by atoms with Gasteiger partial charge >= 0.3 is 0 Å². The summed E-state index contributed by atoms with van der Waals surface area (Å²) in [6, 6.07) is 0. The molecule has 6 aliphatic rings. The molecule has 0 spiro atoms. The molecule has 8 nitrogen and oxygen atoms in total. The van der Waals surface area contributed by atoms with Gasteiger partial charge in [-0.15, -0.1) is 0 Å². The molecule has 3 heterocycles. The lowest BCUT2D eigenvalue weighted by molar-refractivity contribution is -0.176. The minimum Gasteiger partial charge on any atom is -0.381 e. The molecule has 6 rings (SSSR count). The van der Waals surface area contributed by atoms with E-state index >= 15 is 0 Å². The summed E-state index contributed by atoms with van der Waals surface area (Å²) in [4.78, 5) is 0. The van der Waals surface area contributed by atoms with Gasteiger partial charge in [0.25, 0.3) is 0 Å². The van der Waals surface area contributed by atoms with Crippen molar-refractivity contribution >= 4 is 0 Å². The maximum absolute atomic E-state index is 5.66. The normalized spacial score (nSPS) is 19.1. The highest BCUT2D eigenvalue weighted by Crippen LogP contribution is 2.44. The maximum atomic E-state index is 5.66. The topological polar surface area (TPSA) is 73.8 Å². The molecule has 60 heavy (non-hydrogen) atoms. The average Bonchev–Trinajstić information content (AvgIpc) is 3.73. The predicted molar refractivity (Wildman–Crippen MR) is 267 cm³/mol. The Morgan fingerprint density at radius 3 is 1.08 bits per heavy atom. The summed E-state index contributed by atoms with van der Waals surface area (Å²) >= 11 is 0. The van der Waals surface area contributed by atoms with E-state index in [9.17, 15) is 0 Å². The molecule has 0 aromatic carbocycles. The molecule has 0 aromatic rings. The SMILES string of the molecule is C.C.C.C.C.C.C.CC(C)(C)C1CC1.CC(C)(C)OC1CC1.CC(C)(C)OC1COC1.CC(C)(C)OCC1COC1.CC(C)OCC1CC1.CC1(COC(C)(C)C)COC1. The number of rotatable bonds is 9. The Bertz CT molecular complexity index is 922. The maximum Gasteiger partial charge on any atom is 0.105 e. The highest BCUT2D eigenvalue weighted by molar-refractivity contribution is 4.84. The third-order valence-corrected chi connectivity index (χ3v) is 8.55. The van der Waals surface area contributed by atoms with Crippen LogP contribution in [-0.4, -0.2) is 100 Å². The zero-order chi connectivity index (χ0) is 40.7. The smallest absolute Gasteiger partial charge is 0.105 e. The highest BCUT2D eigenvalue weighted by Gasteiger charge is 2.35. The van der Waals surface area contributed by atoms with Gasteiger partial charge in [0.15, 0.2) is 0 Å². The van der Waals surface area contributed by atoms with Crippen molar-refractivity contribution in [2.24, 2.45) is 28.6 Å². The van der Waals surface area contributed by atoms with Crippen molar-refractivity contribution in [3.05, 3.63) is 0 Å². The van der Waals surface area contributed by atoms with Crippen molar-refractivity contribution in [1.82, 2.24) is 0 Å². The molecule has 0 amide bonds. The van der Waals surface area contributed by atoms with Crippen LogP contribution in [-0.2, 0) is 37.9 Å². The summed E-state index contributed by atoms with van der Waals surface area (Å²) < 4.78 is 42.8. The van der Waals surface area contributed by atoms with Gasteiger partial charge in [-0.05, 0) is 153 Å². The summed E-state index contributed by atoms with van der Waals surface area (Å²) in [6.07, 6.45) is 9.66. The van der Waals surface area contributed by atoms with E-state index in [1.54, 1.807) is 0 Å². The highest BCUT2D eigenvalue weighted by atomic mass is 16.6. The third kappa shape index (κ3) is 47.2. The fourth-order valence-electron chi connectivity index (χ4n) is 4.70. The van der Waals surface area contributed by atoms with E-state index in [2.05, 4.69) is 125 Å². The van der Waals surface area contributed by atoms with E-state index in [0.29, 0.717) is 29.6 Å². The van der Waals surface area contributed by atoms with Crippen molar-refractivity contribution in [1.29, 1.82) is 0 Å². The van der Waals surface area contributed by atoms with Crippen LogP contribution in [0.15, 0.2) is 0 Å². The van der Waals surface area contributed by atoms with Gasteiger partial charge in [-0.2, -0.15) is 0 Å². The van der Waals surface area contributed by atoms with Crippen LogP contribution < -0.4 is 0 Å². The molecular formula is C52H118O8. The largest absolute Gasteiger partial charge is 0.381 e. The minimum atomic E-state index is -0.0153. The Morgan fingerprint density at radius 1 is 0.483 bits per heavy atom. The standard InChI is InChI=1S/C9H18O2.C8H16O2.C7H14O2.2C7H14O.C7H14.7CH4/c1-8(2,3)11-7-9(4)5-10-6-9;1-8(2,3)10-6-7-4-9-5-7;1-7(2,3)9-6-4-8-5-6;1-7(2,3)8-6-4-5-6;1-6(2)8-5-7-3-4-7;1-7(2,3)6-4-5-6;;;;;;;/h5-7H2,1-4H3;7H,4-6H2,1-3H3;6H,4-5H2,1-3H3;6H,4-5H2,1-3H3;6-7H,3-5H2,1-2H3;6H,4-5H2,1-3H3;7*1H4. The first-order valence-electron chi connectivity index (χ1n) is 21.0. The summed E-state index contributed by atoms with van der Waals surface area (Å²) in [5.74, 6) is 2.61. The van der Waals surface area contributed by atoms with Crippen molar-refractivity contribution in [3.63, 3.8) is 0 Å². The molecule has 3 saturated heterocycles. The fraction of sp³-hybridized carbons (Fsp3) is 1.00. The van der Waals surface area contributed by atoms with Crippen LogP contribution in [0, 0.1) is 28.6 Å². The van der Waals surface area contributed by atoms with Gasteiger partial charge in [0.1, 0.15) is 6.10 Å². The summed E-state index contributed by atoms with van der Waals surface area (Å²) in [5, 5.41) is 0. The number of hydrogen-bond acceptors (Lipinski definition) is 8. The van der Waals surface area contributed by atoms with E-state index in [-0.39, 0.29) is 79.8 Å². The molecule has 3 saturated carbocycles. The van der Waals surface area contributed by atoms with Crippen LogP contribution in [0.5, 0.6) is 0 Å². The first-order chi connectivity index (χ1) is 24.0. The lowest BCUT2D eigenvalue weighted by Crippen LogP contribution is -2.45. The second-order valence-electron chi connectivity index (χ2n) is 21.8. The molecular weight excluding hydrogens is 753 g/mol. The van der Waals surface area contributed by atoms with Crippen LogP contribution in [0.2, 0.25) is 0 Å². The third-order valence-electron chi connectivity index (χ3n) is 8.55. The minimum absolute atomic E-state index is 0. The molecule has 3 aliphatic carbocycles. The lowest BCUT2D eigenvalue weighted by Gasteiger charge is -2.39. The van der Waals surface area contributed by atoms with Crippen molar-refractivity contribution in [2.75, 3.05) is 59.5 Å². The molecule has 0 unspecified atom stereocenters. The first kappa shape index (κ1) is 74.0. The first-order valence-corrected chi connectivity index (χ1v) is 21.0. The van der Waals surface area contributed by atoms with Crippen LogP contribution in [0.3, 0.4) is 0 Å². The molecule has 6 fully saturated rings. The van der Waals surface area contributed by atoms with Gasteiger partial charge in [-0.1, -0.05) is 79.7 Å². The Hall–Kier alpha value is -0.320. The number of ether oxygens (including phenoxy) is 8. The monoisotopic (exact) mass is 871 g/mol. The van der Waals surface area contributed by atoms with Gasteiger partial charge in [0.05, 0.1) is 87.5 Å². The van der Waals surface area contributed by atoms with E-state index in [0.717, 1.165) is 71.3 Å². The lowest BCUT2D eigenvalue weighted by atomic mass is 9.90. The van der Waals surface area contributed by atoms with E-state index < -0.39 is 0 Å². The molecule has 3 aliphatic heterocycles. The van der Waals surface area contributed by atoms with Gasteiger partial charge in [-0.25, -0.2) is 0 Å². The van der Waals surface area contributed by atoms with Crippen molar-refractivity contribution in [2.45, 2.75) is 256 Å². The quantitative estimate of drug-likeness (QED) is 0.227. The Balaban J connectivity index is -0.000000110. The van der Waals surface area contributed by atoms with Gasteiger partial charge in [-0.3, -0.25) is 0 Å². The van der Waals surface area contributed by atoms with Gasteiger partial charge < -0.3 is 37.9 Å². The van der Waals surface area contributed by atoms with E-state index in [4.69, 9.17) is 37.9 Å². The van der Waals surface area contributed by atoms with E-state index in [1.807, 2.05) is 0 Å². The molecule has 0 atom stereocenters. The number of hydrogen-bond donors (Lipinski definition) is 0. The zero-order valence-corrected chi connectivity index (χ0v) is 38.3. The van der Waals surface area contributed by atoms with Crippen LogP contribution in [0.4, 0.5) is 0 Å². The predicted octanol–water partition coefficient (Wildman–Crippen LogP) is 15.2. The molecule has 8 heteroatoms. The van der Waals surface area contributed by atoms with E-state index in [1.165, 1.54) is 38.5 Å². The van der Waals surface area contributed by atoms with Crippen molar-refractivity contribution in [3.8, 4) is 0 Å². The summed E-state index contributed by atoms with van der Waals surface area (Å²) in [7, 11) is 0. The van der Waals surface area contributed by atoms with Crippen LogP contribution in [0.25, 0.3) is 0 Å². The van der Waals surface area contributed by atoms with Crippen LogP contribution in [0.1, 0.15) is 215 Å². The second kappa shape index (κ2) is 33.2. The molecule has 0 aromatic heterocycles. The Kier molecular flexibility index (Phi) is 41.0. The van der Waals surface area contributed by atoms with Crippen molar-refractivity contribution < 1.29 is 37.9 Å². The zero-order valence-electron chi connectivity index (χ0n) is 38.3. The summed E-state index contributed by atoms with van der Waals surface area (Å²) in [6.45, 7) is 46.0. The molecule has 0 N–H and O–H groups in total. The average molecular weight is 872 g/mol. The molecule has 0 bridgehead atoms. The van der Waals surface area contributed by atoms with Crippen LogP contribution >= 0.6 is 0 Å². The van der Waals surface area contributed by atoms with Gasteiger partial charge in [0.2, 0.25) is 0 Å². The summed E-state index contributed by atoms with van der Waals surface area (Å²) in [5.41, 5.74) is 0.969. The van der Waals surface area contributed by atoms with Gasteiger partial charge in [0, 0.05) is 17.9 Å². The Labute approximate surface area is 380 Å². The Morgan fingerprint density at radius 2 is 0.900 bits per heavy atom. The fourth-order valence-corrected chi connectivity index (χ4v) is 4.70.